The number of amides is 1. The quantitative estimate of drug-likeness (QED) is 0.943. The molecule has 1 aromatic heterocycles. The van der Waals surface area contributed by atoms with E-state index in [-0.39, 0.29) is 5.91 Å². The Morgan fingerprint density at radius 1 is 1.43 bits per heavy atom. The van der Waals surface area contributed by atoms with E-state index in [0.29, 0.717) is 12.2 Å². The van der Waals surface area contributed by atoms with Crippen LogP contribution in [0.25, 0.3) is 0 Å². The first-order chi connectivity index (χ1) is 10.1. The molecule has 0 radical (unpaired) electrons. The van der Waals surface area contributed by atoms with Crippen molar-refractivity contribution < 1.29 is 4.79 Å². The Morgan fingerprint density at radius 3 is 3.10 bits per heavy atom. The molecule has 0 aliphatic heterocycles. The molecule has 110 valence electrons. The molecule has 1 heterocycles. The SMILES string of the molecule is Cn1nc(C(=O)NCCc2cccc(Cl)c2)c2c1CCC2. The molecule has 1 aliphatic rings. The van der Waals surface area contributed by atoms with Crippen LogP contribution in [0.5, 0.6) is 0 Å². The van der Waals surface area contributed by atoms with E-state index in [0.717, 1.165) is 41.8 Å². The van der Waals surface area contributed by atoms with E-state index in [2.05, 4.69) is 10.4 Å². The topological polar surface area (TPSA) is 46.9 Å². The number of hydrogen-bond acceptors (Lipinski definition) is 2. The molecule has 0 atom stereocenters. The van der Waals surface area contributed by atoms with Gasteiger partial charge in [-0.3, -0.25) is 9.48 Å². The minimum atomic E-state index is -0.0734. The fourth-order valence-electron chi connectivity index (χ4n) is 2.89. The predicted molar refractivity (Wildman–Crippen MR) is 82.7 cm³/mol. The van der Waals surface area contributed by atoms with Gasteiger partial charge in [-0.25, -0.2) is 0 Å². The molecule has 1 aromatic carbocycles. The van der Waals surface area contributed by atoms with Crippen LogP contribution in [-0.4, -0.2) is 22.2 Å². The Morgan fingerprint density at radius 2 is 2.29 bits per heavy atom. The van der Waals surface area contributed by atoms with Crippen LogP contribution in [0.1, 0.15) is 33.7 Å². The highest BCUT2D eigenvalue weighted by Gasteiger charge is 2.24. The number of nitrogens with one attached hydrogen (secondary N) is 1. The second kappa shape index (κ2) is 5.90. The third-order valence-corrected chi connectivity index (χ3v) is 4.15. The molecular weight excluding hydrogens is 286 g/mol. The lowest BCUT2D eigenvalue weighted by atomic mass is 10.1. The van der Waals surface area contributed by atoms with Crippen molar-refractivity contribution in [1.29, 1.82) is 0 Å². The summed E-state index contributed by atoms with van der Waals surface area (Å²) in [5.74, 6) is -0.0734. The second-order valence-electron chi connectivity index (χ2n) is 5.39. The number of carbonyl (C=O) groups excluding carboxylic acids is 1. The Balaban J connectivity index is 1.61. The average Bonchev–Trinajstić information content (AvgIpc) is 3.03. The Labute approximate surface area is 129 Å². The lowest BCUT2D eigenvalue weighted by molar-refractivity contribution is 0.0947. The smallest absolute Gasteiger partial charge is 0.272 e. The van der Waals surface area contributed by atoms with Crippen LogP contribution in [0.3, 0.4) is 0 Å². The molecular formula is C16H18ClN3O. The summed E-state index contributed by atoms with van der Waals surface area (Å²) in [4.78, 5) is 12.3. The van der Waals surface area contributed by atoms with E-state index < -0.39 is 0 Å². The standard InChI is InChI=1S/C16H18ClN3O/c1-20-14-7-3-6-13(14)15(19-20)16(21)18-9-8-11-4-2-5-12(17)10-11/h2,4-5,10H,3,6-9H2,1H3,(H,18,21). The third kappa shape index (κ3) is 2.95. The van der Waals surface area contributed by atoms with Crippen molar-refractivity contribution in [2.75, 3.05) is 6.54 Å². The number of halogens is 1. The first-order valence-electron chi connectivity index (χ1n) is 7.22. The van der Waals surface area contributed by atoms with Gasteiger partial charge in [0.1, 0.15) is 0 Å². The summed E-state index contributed by atoms with van der Waals surface area (Å²) >= 11 is 5.95. The van der Waals surface area contributed by atoms with Gasteiger partial charge in [-0.1, -0.05) is 23.7 Å². The lowest BCUT2D eigenvalue weighted by Gasteiger charge is -2.05. The summed E-state index contributed by atoms with van der Waals surface area (Å²) in [6.45, 7) is 0.588. The van der Waals surface area contributed by atoms with Gasteiger partial charge >= 0.3 is 0 Å². The highest BCUT2D eigenvalue weighted by atomic mass is 35.5. The van der Waals surface area contributed by atoms with Gasteiger partial charge in [-0.05, 0) is 43.4 Å². The van der Waals surface area contributed by atoms with Crippen molar-refractivity contribution in [3.8, 4) is 0 Å². The first kappa shape index (κ1) is 14.1. The summed E-state index contributed by atoms with van der Waals surface area (Å²) in [5, 5.41) is 8.03. The van der Waals surface area contributed by atoms with Crippen molar-refractivity contribution in [2.24, 2.45) is 7.05 Å². The van der Waals surface area contributed by atoms with E-state index in [1.807, 2.05) is 36.0 Å². The number of carbonyl (C=O) groups is 1. The minimum Gasteiger partial charge on any atom is -0.350 e. The zero-order chi connectivity index (χ0) is 14.8. The molecule has 0 spiro atoms. The molecule has 1 amide bonds. The molecule has 3 rings (SSSR count). The number of fused-ring (bicyclic) bond motifs is 1. The molecule has 0 unspecified atom stereocenters. The molecule has 1 N–H and O–H groups in total. The summed E-state index contributed by atoms with van der Waals surface area (Å²) in [6, 6.07) is 7.70. The van der Waals surface area contributed by atoms with E-state index in [4.69, 9.17) is 11.6 Å². The van der Waals surface area contributed by atoms with Gasteiger partial charge in [0.05, 0.1) is 0 Å². The second-order valence-corrected chi connectivity index (χ2v) is 5.82. The van der Waals surface area contributed by atoms with E-state index in [9.17, 15) is 4.79 Å². The van der Waals surface area contributed by atoms with Crippen LogP contribution in [-0.2, 0) is 26.3 Å². The van der Waals surface area contributed by atoms with Crippen LogP contribution in [0, 0.1) is 0 Å². The van der Waals surface area contributed by atoms with Crippen molar-refractivity contribution in [3.05, 3.63) is 51.8 Å². The summed E-state index contributed by atoms with van der Waals surface area (Å²) < 4.78 is 1.84. The normalized spacial score (nSPS) is 13.2. The molecule has 21 heavy (non-hydrogen) atoms. The van der Waals surface area contributed by atoms with Crippen LogP contribution >= 0.6 is 11.6 Å². The van der Waals surface area contributed by atoms with Crippen molar-refractivity contribution in [1.82, 2.24) is 15.1 Å². The van der Waals surface area contributed by atoms with E-state index in [1.165, 1.54) is 5.69 Å². The van der Waals surface area contributed by atoms with Crippen LogP contribution in [0.4, 0.5) is 0 Å². The predicted octanol–water partition coefficient (Wildman–Crippen LogP) is 2.53. The van der Waals surface area contributed by atoms with E-state index in [1.54, 1.807) is 0 Å². The Hall–Kier alpha value is -1.81. The van der Waals surface area contributed by atoms with Crippen molar-refractivity contribution >= 4 is 17.5 Å². The fourth-order valence-corrected chi connectivity index (χ4v) is 3.10. The molecule has 0 saturated carbocycles. The van der Waals surface area contributed by atoms with Gasteiger partial charge in [-0.2, -0.15) is 5.10 Å². The number of rotatable bonds is 4. The molecule has 1 aliphatic carbocycles. The highest BCUT2D eigenvalue weighted by Crippen LogP contribution is 2.24. The van der Waals surface area contributed by atoms with Crippen molar-refractivity contribution in [3.63, 3.8) is 0 Å². The zero-order valence-electron chi connectivity index (χ0n) is 12.0. The van der Waals surface area contributed by atoms with Crippen LogP contribution in [0.15, 0.2) is 24.3 Å². The maximum atomic E-state index is 12.3. The first-order valence-corrected chi connectivity index (χ1v) is 7.60. The van der Waals surface area contributed by atoms with E-state index >= 15 is 0 Å². The molecule has 0 saturated heterocycles. The summed E-state index contributed by atoms with van der Waals surface area (Å²) in [5.41, 5.74) is 4.04. The van der Waals surface area contributed by atoms with Crippen LogP contribution < -0.4 is 5.32 Å². The molecule has 5 heteroatoms. The van der Waals surface area contributed by atoms with Gasteiger partial charge < -0.3 is 5.32 Å². The van der Waals surface area contributed by atoms with Gasteiger partial charge in [-0.15, -0.1) is 0 Å². The maximum Gasteiger partial charge on any atom is 0.272 e. The Kier molecular flexibility index (Phi) is 3.97. The Bertz CT molecular complexity index is 678. The number of hydrogen-bond donors (Lipinski definition) is 1. The lowest BCUT2D eigenvalue weighted by Crippen LogP contribution is -2.27. The number of aryl methyl sites for hydroxylation is 1. The largest absolute Gasteiger partial charge is 0.350 e. The van der Waals surface area contributed by atoms with Gasteiger partial charge in [0.2, 0.25) is 0 Å². The number of nitrogens with zero attached hydrogens (tertiary/aromatic N) is 2. The molecule has 2 aromatic rings. The summed E-state index contributed by atoms with van der Waals surface area (Å²) in [7, 11) is 1.91. The monoisotopic (exact) mass is 303 g/mol. The highest BCUT2D eigenvalue weighted by molar-refractivity contribution is 6.30. The minimum absolute atomic E-state index is 0.0734. The molecule has 0 bridgehead atoms. The van der Waals surface area contributed by atoms with Crippen molar-refractivity contribution in [2.45, 2.75) is 25.7 Å². The molecule has 0 fully saturated rings. The number of aromatic nitrogens is 2. The van der Waals surface area contributed by atoms with Crippen LogP contribution in [0.2, 0.25) is 5.02 Å². The van der Waals surface area contributed by atoms with Gasteiger partial charge in [0.15, 0.2) is 5.69 Å². The average molecular weight is 304 g/mol. The molecule has 4 nitrogen and oxygen atoms in total. The summed E-state index contributed by atoms with van der Waals surface area (Å²) in [6.07, 6.45) is 3.86. The maximum absolute atomic E-state index is 12.3. The van der Waals surface area contributed by atoms with Gasteiger partial charge in [0.25, 0.3) is 5.91 Å². The third-order valence-electron chi connectivity index (χ3n) is 3.92. The number of benzene rings is 1. The fraction of sp³-hybridized carbons (Fsp3) is 0.375. The van der Waals surface area contributed by atoms with Gasteiger partial charge in [0, 0.05) is 29.9 Å². The zero-order valence-corrected chi connectivity index (χ0v) is 12.8.